The van der Waals surface area contributed by atoms with Crippen LogP contribution in [0.3, 0.4) is 0 Å². The number of amides is 8. The molecule has 30 heavy (non-hydrogen) atoms. The van der Waals surface area contributed by atoms with E-state index in [0.717, 1.165) is 0 Å². The molecule has 0 atom stereocenters. The molecule has 0 aromatic carbocycles. The van der Waals surface area contributed by atoms with Crippen molar-refractivity contribution in [3.63, 3.8) is 0 Å². The molecule has 4 heterocycles. The fraction of sp³-hybridized carbons (Fsp3) is 0.750. The van der Waals surface area contributed by atoms with Gasteiger partial charge in [-0.2, -0.15) is 0 Å². The van der Waals surface area contributed by atoms with Crippen LogP contribution < -0.4 is 21.3 Å². The number of nitrogens with zero attached hydrogens (tertiary/aromatic N) is 4. The molecule has 0 aromatic rings. The molecular weight excluding hydrogens is 435 g/mol. The minimum atomic E-state index is -3.60. The molecule has 168 valence electrons. The Morgan fingerprint density at radius 1 is 0.567 bits per heavy atom. The molecule has 4 aliphatic rings. The van der Waals surface area contributed by atoms with Crippen LogP contribution in [-0.4, -0.2) is 121 Å². The molecule has 4 N–H and O–H groups in total. The fourth-order valence-corrected chi connectivity index (χ4v) is 11.1. The molecule has 4 rings (SSSR count). The van der Waals surface area contributed by atoms with E-state index in [2.05, 4.69) is 21.3 Å². The van der Waals surface area contributed by atoms with Gasteiger partial charge >= 0.3 is 179 Å². The Bertz CT molecular complexity index is 646. The number of halogens is 1. The van der Waals surface area contributed by atoms with Gasteiger partial charge in [-0.15, -0.1) is 0 Å². The molecule has 0 saturated carbocycles. The van der Waals surface area contributed by atoms with Gasteiger partial charge in [-0.25, -0.2) is 0 Å². The molecule has 4 aliphatic heterocycles. The summed E-state index contributed by atoms with van der Waals surface area (Å²) in [4.78, 5) is 56.2. The van der Waals surface area contributed by atoms with Crippen LogP contribution in [0.4, 0.5) is 19.2 Å². The number of hydrogen-bond acceptors (Lipinski definition) is 4. The number of carbonyl (C=O) groups excluding carboxylic acids is 4. The minimum absolute atomic E-state index is 0.215. The van der Waals surface area contributed by atoms with Gasteiger partial charge in [0.05, 0.1) is 0 Å². The molecule has 4 fully saturated rings. The first kappa shape index (κ1) is 21.0. The third kappa shape index (κ3) is 4.15. The Morgan fingerprint density at radius 3 is 0.967 bits per heavy atom. The standard InChI is InChI=1S/C16H28ClN8O4P/c17-30(9-22-5-1-18-13(22)26,10-23-6-2-19-14(23)27,11-24-7-3-20-15(24)28)12-25-8-4-21-16(25)29/h1-12H2,(H,18,26)(H,19,27)(H,20,28)(H,21,29). The van der Waals surface area contributed by atoms with Crippen molar-refractivity contribution in [3.05, 3.63) is 0 Å². The predicted molar refractivity (Wildman–Crippen MR) is 113 cm³/mol. The summed E-state index contributed by atoms with van der Waals surface area (Å²) >= 11 is 7.62. The van der Waals surface area contributed by atoms with E-state index in [-0.39, 0.29) is 49.3 Å². The summed E-state index contributed by atoms with van der Waals surface area (Å²) in [5, 5.41) is 11.1. The van der Waals surface area contributed by atoms with E-state index in [9.17, 15) is 19.2 Å². The van der Waals surface area contributed by atoms with Gasteiger partial charge in [0.15, 0.2) is 0 Å². The number of carbonyl (C=O) groups is 4. The van der Waals surface area contributed by atoms with Crippen LogP contribution in [0.1, 0.15) is 0 Å². The van der Waals surface area contributed by atoms with Crippen LogP contribution >= 0.6 is 17.2 Å². The Kier molecular flexibility index (Phi) is 5.48. The van der Waals surface area contributed by atoms with Crippen molar-refractivity contribution < 1.29 is 19.2 Å². The van der Waals surface area contributed by atoms with Gasteiger partial charge < -0.3 is 0 Å². The molecule has 0 aromatic heterocycles. The summed E-state index contributed by atoms with van der Waals surface area (Å²) in [5.74, 6) is -3.60. The van der Waals surface area contributed by atoms with Crippen molar-refractivity contribution in [2.24, 2.45) is 0 Å². The average Bonchev–Trinajstić information content (AvgIpc) is 3.45. The normalized spacial score (nSPS) is 23.4. The fourth-order valence-electron chi connectivity index (χ4n) is 4.56. The van der Waals surface area contributed by atoms with Crippen LogP contribution in [0.25, 0.3) is 0 Å². The van der Waals surface area contributed by atoms with Crippen molar-refractivity contribution in [2.75, 3.05) is 77.5 Å². The Hall–Kier alpha value is -2.20. The zero-order chi connectivity index (χ0) is 21.4. The van der Waals surface area contributed by atoms with Crippen LogP contribution in [-0.2, 0) is 0 Å². The molecule has 0 radical (unpaired) electrons. The van der Waals surface area contributed by atoms with Crippen LogP contribution in [0.2, 0.25) is 0 Å². The van der Waals surface area contributed by atoms with Gasteiger partial charge in [-0.05, 0) is 0 Å². The van der Waals surface area contributed by atoms with E-state index in [0.29, 0.717) is 52.4 Å². The molecule has 4 saturated heterocycles. The van der Waals surface area contributed by atoms with Crippen LogP contribution in [0, 0.1) is 0 Å². The Morgan fingerprint density at radius 2 is 0.800 bits per heavy atom. The molecule has 0 spiro atoms. The average molecular weight is 463 g/mol. The zero-order valence-corrected chi connectivity index (χ0v) is 18.4. The Labute approximate surface area is 179 Å². The van der Waals surface area contributed by atoms with E-state index in [1.807, 2.05) is 0 Å². The summed E-state index contributed by atoms with van der Waals surface area (Å²) < 4.78 is 0. The molecular formula is C16H28ClN8O4P. The van der Waals surface area contributed by atoms with Crippen molar-refractivity contribution >= 4 is 41.3 Å². The quantitative estimate of drug-likeness (QED) is 0.366. The molecule has 12 nitrogen and oxygen atoms in total. The van der Waals surface area contributed by atoms with Crippen LogP contribution in [0.15, 0.2) is 0 Å². The maximum absolute atomic E-state index is 12.4. The molecule has 0 unspecified atom stereocenters. The maximum atomic E-state index is 12.4. The van der Waals surface area contributed by atoms with E-state index in [1.54, 1.807) is 19.6 Å². The summed E-state index contributed by atoms with van der Waals surface area (Å²) in [6, 6.07) is -0.862. The van der Waals surface area contributed by atoms with Crippen molar-refractivity contribution in [1.82, 2.24) is 40.9 Å². The number of nitrogens with one attached hydrogen (secondary N) is 4. The SMILES string of the molecule is O=C1NCCN1CP(Cl)(CN1CCNC1=O)(CN1CCNC1=O)CN1CCNC1=O. The number of hydrogen-bond donors (Lipinski definition) is 4. The predicted octanol–water partition coefficient (Wildman–Crippen LogP) is -0.376. The summed E-state index contributed by atoms with van der Waals surface area (Å²) in [6.45, 7) is 4.04. The third-order valence-electron chi connectivity index (χ3n) is 5.88. The number of rotatable bonds is 8. The second-order valence-electron chi connectivity index (χ2n) is 8.37. The zero-order valence-electron chi connectivity index (χ0n) is 16.7. The summed E-state index contributed by atoms with van der Waals surface area (Å²) in [7, 11) is 0. The van der Waals surface area contributed by atoms with Gasteiger partial charge in [0.1, 0.15) is 0 Å². The van der Waals surface area contributed by atoms with Crippen molar-refractivity contribution in [1.29, 1.82) is 0 Å². The van der Waals surface area contributed by atoms with E-state index in [4.69, 9.17) is 11.2 Å². The molecule has 14 heteroatoms. The first-order chi connectivity index (χ1) is 14.3. The van der Waals surface area contributed by atoms with Crippen LogP contribution in [0.5, 0.6) is 0 Å². The van der Waals surface area contributed by atoms with Gasteiger partial charge in [0, 0.05) is 0 Å². The first-order valence-electron chi connectivity index (χ1n) is 10.1. The number of urea groups is 4. The topological polar surface area (TPSA) is 129 Å². The van der Waals surface area contributed by atoms with Crippen molar-refractivity contribution in [3.8, 4) is 0 Å². The van der Waals surface area contributed by atoms with Gasteiger partial charge in [-0.1, -0.05) is 0 Å². The summed E-state index contributed by atoms with van der Waals surface area (Å²) in [5.41, 5.74) is 0. The van der Waals surface area contributed by atoms with E-state index < -0.39 is 5.96 Å². The van der Waals surface area contributed by atoms with Gasteiger partial charge in [0.25, 0.3) is 0 Å². The second kappa shape index (κ2) is 7.81. The monoisotopic (exact) mass is 462 g/mol. The summed E-state index contributed by atoms with van der Waals surface area (Å²) in [6.07, 6.45) is 0.874. The third-order valence-corrected chi connectivity index (χ3v) is 11.4. The first-order valence-corrected chi connectivity index (χ1v) is 14.0. The second-order valence-corrected chi connectivity index (χ2v) is 16.0. The van der Waals surface area contributed by atoms with E-state index >= 15 is 0 Å². The molecule has 0 aliphatic carbocycles. The molecule has 0 bridgehead atoms. The van der Waals surface area contributed by atoms with E-state index in [1.165, 1.54) is 0 Å². The Balaban J connectivity index is 1.70. The molecule has 8 amide bonds. The van der Waals surface area contributed by atoms with Gasteiger partial charge in [0.2, 0.25) is 0 Å². The van der Waals surface area contributed by atoms with Gasteiger partial charge in [-0.3, -0.25) is 0 Å². The van der Waals surface area contributed by atoms with Crippen molar-refractivity contribution in [2.45, 2.75) is 0 Å².